The number of carbonyl (C=O) groups is 1. The van der Waals surface area contributed by atoms with Gasteiger partial charge in [0, 0.05) is 12.7 Å². The molecule has 7 nitrogen and oxygen atoms in total. The van der Waals surface area contributed by atoms with Gasteiger partial charge in [0.25, 0.3) is 5.56 Å². The number of benzene rings is 1. The molecule has 0 aliphatic rings. The normalized spacial score (nSPS) is 11.9. The van der Waals surface area contributed by atoms with E-state index in [1.54, 1.807) is 0 Å². The number of aromatic nitrogens is 2. The number of H-pyrrole nitrogens is 2. The molecule has 0 fully saturated rings. The molecular weight excluding hydrogens is 272 g/mol. The lowest BCUT2D eigenvalue weighted by atomic mass is 10.1. The summed E-state index contributed by atoms with van der Waals surface area (Å²) >= 11 is 0. The summed E-state index contributed by atoms with van der Waals surface area (Å²) in [6.45, 7) is 0.00738. The van der Waals surface area contributed by atoms with Crippen molar-refractivity contribution in [3.05, 3.63) is 68.5 Å². The Balaban J connectivity index is 1.92. The molecule has 0 bridgehead atoms. The molecule has 0 spiro atoms. The molecule has 0 saturated carbocycles. The molecule has 0 unspecified atom stereocenters. The molecule has 5 N–H and O–H groups in total. The Morgan fingerprint density at radius 1 is 1.24 bits per heavy atom. The zero-order valence-electron chi connectivity index (χ0n) is 11.3. The molecule has 21 heavy (non-hydrogen) atoms. The van der Waals surface area contributed by atoms with Crippen molar-refractivity contribution in [1.29, 1.82) is 0 Å². The topological polar surface area (TPSA) is 121 Å². The maximum Gasteiger partial charge on any atom is 0.325 e. The first-order chi connectivity index (χ1) is 10.1. The smallest absolute Gasteiger partial charge is 0.325 e. The van der Waals surface area contributed by atoms with Gasteiger partial charge < -0.3 is 16.0 Å². The maximum atomic E-state index is 11.9. The largest absolute Gasteiger partial charge is 0.350 e. The fraction of sp³-hybridized carbons (Fsp3) is 0.214. The Morgan fingerprint density at radius 2 is 1.95 bits per heavy atom. The highest BCUT2D eigenvalue weighted by atomic mass is 16.2. The molecule has 1 aromatic heterocycles. The van der Waals surface area contributed by atoms with Crippen molar-refractivity contribution in [3.8, 4) is 0 Å². The minimum absolute atomic E-state index is 0.00738. The molecule has 1 heterocycles. The fourth-order valence-corrected chi connectivity index (χ4v) is 1.84. The van der Waals surface area contributed by atoms with Crippen LogP contribution in [-0.4, -0.2) is 21.9 Å². The van der Waals surface area contributed by atoms with E-state index >= 15 is 0 Å². The summed E-state index contributed by atoms with van der Waals surface area (Å²) in [6, 6.07) is 8.71. The highest BCUT2D eigenvalue weighted by molar-refractivity contribution is 5.81. The van der Waals surface area contributed by atoms with Gasteiger partial charge in [0.1, 0.15) is 0 Å². The first kappa shape index (κ1) is 14.7. The molecule has 0 saturated heterocycles. The third kappa shape index (κ3) is 4.15. The van der Waals surface area contributed by atoms with Crippen molar-refractivity contribution in [2.45, 2.75) is 19.0 Å². The molecule has 0 radical (unpaired) electrons. The van der Waals surface area contributed by atoms with Crippen LogP contribution in [0.3, 0.4) is 0 Å². The Labute approximate surface area is 120 Å². The van der Waals surface area contributed by atoms with Crippen molar-refractivity contribution in [2.75, 3.05) is 0 Å². The standard InChI is InChI=1S/C14H16N4O3/c15-11(6-9-4-2-1-3-5-9)13(20)16-7-10-8-17-14(21)18-12(10)19/h1-5,8,11H,6-7,15H2,(H,16,20)(H2,17,18,19,21)/t11-/m0/s1. The average molecular weight is 288 g/mol. The van der Waals surface area contributed by atoms with Gasteiger partial charge in [-0.15, -0.1) is 0 Å². The van der Waals surface area contributed by atoms with Gasteiger partial charge in [-0.1, -0.05) is 30.3 Å². The summed E-state index contributed by atoms with van der Waals surface area (Å²) in [5.41, 5.74) is 5.92. The van der Waals surface area contributed by atoms with Crippen LogP contribution in [0.2, 0.25) is 0 Å². The summed E-state index contributed by atoms with van der Waals surface area (Å²) in [5.74, 6) is -0.357. The quantitative estimate of drug-likeness (QED) is 0.578. The van der Waals surface area contributed by atoms with Crippen molar-refractivity contribution in [3.63, 3.8) is 0 Å². The number of nitrogens with one attached hydrogen (secondary N) is 3. The van der Waals surface area contributed by atoms with Crippen LogP contribution in [0.1, 0.15) is 11.1 Å². The molecule has 0 aliphatic carbocycles. The van der Waals surface area contributed by atoms with Crippen LogP contribution in [0.5, 0.6) is 0 Å². The van der Waals surface area contributed by atoms with Crippen molar-refractivity contribution >= 4 is 5.91 Å². The van der Waals surface area contributed by atoms with E-state index in [1.165, 1.54) is 6.20 Å². The Hall–Kier alpha value is -2.67. The van der Waals surface area contributed by atoms with Gasteiger partial charge in [-0.25, -0.2) is 4.79 Å². The molecule has 110 valence electrons. The van der Waals surface area contributed by atoms with E-state index in [4.69, 9.17) is 5.73 Å². The number of amides is 1. The number of nitrogens with two attached hydrogens (primary N) is 1. The van der Waals surface area contributed by atoms with Crippen molar-refractivity contribution < 1.29 is 4.79 Å². The van der Waals surface area contributed by atoms with Gasteiger partial charge in [-0.05, 0) is 12.0 Å². The maximum absolute atomic E-state index is 11.9. The van der Waals surface area contributed by atoms with Crippen LogP contribution >= 0.6 is 0 Å². The summed E-state index contributed by atoms with van der Waals surface area (Å²) in [4.78, 5) is 38.6. The van der Waals surface area contributed by atoms with E-state index in [2.05, 4.69) is 15.3 Å². The second-order valence-corrected chi connectivity index (χ2v) is 4.61. The Bertz CT molecular complexity index is 721. The molecule has 1 atom stereocenters. The second-order valence-electron chi connectivity index (χ2n) is 4.61. The van der Waals surface area contributed by atoms with Gasteiger partial charge in [0.15, 0.2) is 0 Å². The lowest BCUT2D eigenvalue weighted by Crippen LogP contribution is -2.42. The number of carbonyl (C=O) groups excluding carboxylic acids is 1. The van der Waals surface area contributed by atoms with Gasteiger partial charge in [-0.2, -0.15) is 0 Å². The summed E-state index contributed by atoms with van der Waals surface area (Å²) in [6.07, 6.45) is 1.68. The Kier molecular flexibility index (Phi) is 4.68. The van der Waals surface area contributed by atoms with Crippen LogP contribution < -0.4 is 22.3 Å². The van der Waals surface area contributed by atoms with E-state index in [-0.39, 0.29) is 18.0 Å². The number of aromatic amines is 2. The first-order valence-electron chi connectivity index (χ1n) is 6.44. The van der Waals surface area contributed by atoms with Crippen molar-refractivity contribution in [2.24, 2.45) is 5.73 Å². The van der Waals surface area contributed by atoms with Crippen LogP contribution in [0.15, 0.2) is 46.1 Å². The number of hydrogen-bond donors (Lipinski definition) is 4. The van der Waals surface area contributed by atoms with E-state index < -0.39 is 17.3 Å². The van der Waals surface area contributed by atoms with E-state index in [9.17, 15) is 14.4 Å². The predicted octanol–water partition coefficient (Wildman–Crippen LogP) is -0.751. The van der Waals surface area contributed by atoms with Gasteiger partial charge in [-0.3, -0.25) is 14.6 Å². The molecular formula is C14H16N4O3. The monoisotopic (exact) mass is 288 g/mol. The summed E-state index contributed by atoms with van der Waals surface area (Å²) in [7, 11) is 0. The molecule has 1 aromatic carbocycles. The van der Waals surface area contributed by atoms with Crippen LogP contribution in [0, 0.1) is 0 Å². The van der Waals surface area contributed by atoms with Crippen LogP contribution in [0.25, 0.3) is 0 Å². The third-order valence-electron chi connectivity index (χ3n) is 2.98. The molecule has 2 rings (SSSR count). The zero-order chi connectivity index (χ0) is 15.2. The van der Waals surface area contributed by atoms with Gasteiger partial charge in [0.05, 0.1) is 11.6 Å². The number of rotatable bonds is 5. The van der Waals surface area contributed by atoms with Crippen LogP contribution in [0.4, 0.5) is 0 Å². The molecule has 7 heteroatoms. The average Bonchev–Trinajstić information content (AvgIpc) is 2.47. The minimum Gasteiger partial charge on any atom is -0.350 e. The highest BCUT2D eigenvalue weighted by Gasteiger charge is 2.14. The SMILES string of the molecule is N[C@@H](Cc1ccccc1)C(=O)NCc1c[nH]c(=O)[nH]c1=O. The second kappa shape index (κ2) is 6.67. The van der Waals surface area contributed by atoms with E-state index in [1.807, 2.05) is 30.3 Å². The first-order valence-corrected chi connectivity index (χ1v) is 6.44. The van der Waals surface area contributed by atoms with E-state index in [0.29, 0.717) is 6.42 Å². The lowest BCUT2D eigenvalue weighted by Gasteiger charge is -2.12. The Morgan fingerprint density at radius 3 is 2.62 bits per heavy atom. The molecule has 2 aromatic rings. The molecule has 0 aliphatic heterocycles. The van der Waals surface area contributed by atoms with Gasteiger partial charge >= 0.3 is 5.69 Å². The summed E-state index contributed by atoms with van der Waals surface area (Å²) in [5, 5.41) is 2.57. The highest BCUT2D eigenvalue weighted by Crippen LogP contribution is 2.01. The predicted molar refractivity (Wildman–Crippen MR) is 77.7 cm³/mol. The lowest BCUT2D eigenvalue weighted by molar-refractivity contribution is -0.122. The number of hydrogen-bond acceptors (Lipinski definition) is 4. The zero-order valence-corrected chi connectivity index (χ0v) is 11.3. The van der Waals surface area contributed by atoms with Crippen LogP contribution in [-0.2, 0) is 17.8 Å². The minimum atomic E-state index is -0.700. The third-order valence-corrected chi connectivity index (χ3v) is 2.98. The fourth-order valence-electron chi connectivity index (χ4n) is 1.84. The van der Waals surface area contributed by atoms with E-state index in [0.717, 1.165) is 5.56 Å². The molecule has 1 amide bonds. The van der Waals surface area contributed by atoms with Gasteiger partial charge in [0.2, 0.25) is 5.91 Å². The van der Waals surface area contributed by atoms with Crippen molar-refractivity contribution in [1.82, 2.24) is 15.3 Å². The summed E-state index contributed by atoms with van der Waals surface area (Å²) < 4.78 is 0.